The molecule has 0 aliphatic carbocycles. The molecule has 1 fully saturated rings. The molecule has 6 heteroatoms. The van der Waals surface area contributed by atoms with Crippen molar-refractivity contribution in [1.82, 2.24) is 10.2 Å². The summed E-state index contributed by atoms with van der Waals surface area (Å²) in [6.07, 6.45) is 1.51. The predicted molar refractivity (Wildman–Crippen MR) is 119 cm³/mol. The minimum Gasteiger partial charge on any atom is -0.486 e. The zero-order valence-electron chi connectivity index (χ0n) is 18.2. The molecule has 0 aromatic heterocycles. The highest BCUT2D eigenvalue weighted by Gasteiger charge is 2.30. The number of ketones is 1. The SMILES string of the molecule is Cc1ccc(CNC(=O)C(C)N2CCC(C(=O)c3ccc4c(c3)OCCO4)CC2)cc1. The van der Waals surface area contributed by atoms with Crippen molar-refractivity contribution >= 4 is 11.7 Å². The van der Waals surface area contributed by atoms with E-state index in [1.807, 2.05) is 38.1 Å². The lowest BCUT2D eigenvalue weighted by Crippen LogP contribution is -2.48. The number of likely N-dealkylation sites (tertiary alicyclic amines) is 1. The zero-order chi connectivity index (χ0) is 21.8. The lowest BCUT2D eigenvalue weighted by Gasteiger charge is -2.34. The lowest BCUT2D eigenvalue weighted by atomic mass is 9.88. The summed E-state index contributed by atoms with van der Waals surface area (Å²) in [6.45, 7) is 7.03. The molecule has 0 spiro atoms. The van der Waals surface area contributed by atoms with E-state index >= 15 is 0 Å². The average molecular weight is 423 g/mol. The maximum absolute atomic E-state index is 13.0. The lowest BCUT2D eigenvalue weighted by molar-refractivity contribution is -0.126. The topological polar surface area (TPSA) is 67.9 Å². The molecule has 0 saturated carbocycles. The maximum atomic E-state index is 13.0. The third kappa shape index (κ3) is 5.07. The first-order valence-electron chi connectivity index (χ1n) is 11.0. The molecule has 1 N–H and O–H groups in total. The molecule has 6 nitrogen and oxygen atoms in total. The van der Waals surface area contributed by atoms with Crippen LogP contribution in [-0.4, -0.2) is 48.9 Å². The monoisotopic (exact) mass is 422 g/mol. The molecule has 4 rings (SSSR count). The van der Waals surface area contributed by atoms with Gasteiger partial charge in [0.05, 0.1) is 6.04 Å². The van der Waals surface area contributed by atoms with Crippen LogP contribution in [0.25, 0.3) is 0 Å². The van der Waals surface area contributed by atoms with Gasteiger partial charge in [-0.25, -0.2) is 0 Å². The Hall–Kier alpha value is -2.86. The Labute approximate surface area is 183 Å². The van der Waals surface area contributed by atoms with Crippen molar-refractivity contribution in [3.05, 3.63) is 59.2 Å². The normalized spacial score (nSPS) is 17.7. The van der Waals surface area contributed by atoms with Crippen LogP contribution in [-0.2, 0) is 11.3 Å². The van der Waals surface area contributed by atoms with Gasteiger partial charge in [0.1, 0.15) is 13.2 Å². The van der Waals surface area contributed by atoms with E-state index < -0.39 is 0 Å². The molecule has 1 atom stereocenters. The van der Waals surface area contributed by atoms with E-state index in [4.69, 9.17) is 9.47 Å². The number of Topliss-reactive ketones (excluding diaryl/α,β-unsaturated/α-hetero) is 1. The number of nitrogens with one attached hydrogen (secondary N) is 1. The fourth-order valence-electron chi connectivity index (χ4n) is 4.19. The van der Waals surface area contributed by atoms with Gasteiger partial charge in [-0.2, -0.15) is 0 Å². The van der Waals surface area contributed by atoms with Crippen molar-refractivity contribution in [3.8, 4) is 11.5 Å². The largest absolute Gasteiger partial charge is 0.486 e. The van der Waals surface area contributed by atoms with Crippen LogP contribution in [0.5, 0.6) is 11.5 Å². The van der Waals surface area contributed by atoms with Gasteiger partial charge in [0.25, 0.3) is 0 Å². The molecule has 1 unspecified atom stereocenters. The molecule has 2 heterocycles. The Balaban J connectivity index is 1.28. The molecule has 164 valence electrons. The van der Waals surface area contributed by atoms with Crippen LogP contribution in [0, 0.1) is 12.8 Å². The van der Waals surface area contributed by atoms with Crippen LogP contribution in [0.1, 0.15) is 41.3 Å². The number of aryl methyl sites for hydroxylation is 1. The number of carbonyl (C=O) groups is 2. The van der Waals surface area contributed by atoms with Gasteiger partial charge in [0, 0.05) is 18.0 Å². The quantitative estimate of drug-likeness (QED) is 0.723. The summed E-state index contributed by atoms with van der Waals surface area (Å²) in [5.74, 6) is 1.49. The van der Waals surface area contributed by atoms with E-state index in [0.717, 1.165) is 31.5 Å². The number of fused-ring (bicyclic) bond motifs is 1. The standard InChI is InChI=1S/C25H30N2O4/c1-17-3-5-19(6-4-17)16-26-25(29)18(2)27-11-9-20(10-12-27)24(28)21-7-8-22-23(15-21)31-14-13-30-22/h3-8,15,18,20H,9-14,16H2,1-2H3,(H,26,29). The third-order valence-corrected chi connectivity index (χ3v) is 6.24. The first-order valence-corrected chi connectivity index (χ1v) is 11.0. The molecule has 2 aliphatic rings. The number of carbonyl (C=O) groups excluding carboxylic acids is 2. The number of piperidine rings is 1. The van der Waals surface area contributed by atoms with E-state index in [1.165, 1.54) is 5.56 Å². The van der Waals surface area contributed by atoms with Crippen molar-refractivity contribution in [3.63, 3.8) is 0 Å². The van der Waals surface area contributed by atoms with E-state index in [2.05, 4.69) is 22.3 Å². The Morgan fingerprint density at radius 3 is 2.42 bits per heavy atom. The van der Waals surface area contributed by atoms with E-state index in [9.17, 15) is 9.59 Å². The van der Waals surface area contributed by atoms with Gasteiger partial charge >= 0.3 is 0 Å². The summed E-state index contributed by atoms with van der Waals surface area (Å²) < 4.78 is 11.1. The molecule has 1 amide bonds. The fraction of sp³-hybridized carbons (Fsp3) is 0.440. The molecular formula is C25H30N2O4. The summed E-state index contributed by atoms with van der Waals surface area (Å²) in [6, 6.07) is 13.4. The first-order chi connectivity index (χ1) is 15.0. The van der Waals surface area contributed by atoms with Gasteiger partial charge in [-0.3, -0.25) is 14.5 Å². The second-order valence-corrected chi connectivity index (χ2v) is 8.41. The summed E-state index contributed by atoms with van der Waals surface area (Å²) in [5, 5.41) is 3.03. The van der Waals surface area contributed by atoms with Crippen molar-refractivity contribution in [1.29, 1.82) is 0 Å². The molecule has 31 heavy (non-hydrogen) atoms. The molecule has 1 saturated heterocycles. The number of hydrogen-bond acceptors (Lipinski definition) is 5. The molecule has 2 aromatic carbocycles. The van der Waals surface area contributed by atoms with Gasteiger partial charge in [-0.15, -0.1) is 0 Å². The Morgan fingerprint density at radius 2 is 1.71 bits per heavy atom. The van der Waals surface area contributed by atoms with Gasteiger partial charge in [0.15, 0.2) is 17.3 Å². The second-order valence-electron chi connectivity index (χ2n) is 8.41. The number of nitrogens with zero attached hydrogens (tertiary/aromatic N) is 1. The molecule has 2 aromatic rings. The van der Waals surface area contributed by atoms with Gasteiger partial charge in [-0.1, -0.05) is 29.8 Å². The summed E-state index contributed by atoms with van der Waals surface area (Å²) in [7, 11) is 0. The third-order valence-electron chi connectivity index (χ3n) is 6.24. The average Bonchev–Trinajstić information content (AvgIpc) is 2.82. The Bertz CT molecular complexity index is 933. The Kier molecular flexibility index (Phi) is 6.56. The van der Waals surface area contributed by atoms with Crippen LogP contribution >= 0.6 is 0 Å². The van der Waals surface area contributed by atoms with Crippen LogP contribution in [0.2, 0.25) is 0 Å². The number of amides is 1. The Morgan fingerprint density at radius 1 is 1.03 bits per heavy atom. The highest BCUT2D eigenvalue weighted by Crippen LogP contribution is 2.32. The smallest absolute Gasteiger partial charge is 0.237 e. The summed E-state index contributed by atoms with van der Waals surface area (Å²) in [4.78, 5) is 27.8. The van der Waals surface area contributed by atoms with Gasteiger partial charge in [0.2, 0.25) is 5.91 Å². The fourth-order valence-corrected chi connectivity index (χ4v) is 4.19. The van der Waals surface area contributed by atoms with Crippen LogP contribution in [0.15, 0.2) is 42.5 Å². The van der Waals surface area contributed by atoms with Crippen molar-refractivity contribution < 1.29 is 19.1 Å². The van der Waals surface area contributed by atoms with Crippen LogP contribution in [0.4, 0.5) is 0 Å². The molecule has 2 aliphatic heterocycles. The van der Waals surface area contributed by atoms with Gasteiger partial charge < -0.3 is 14.8 Å². The number of hydrogen-bond donors (Lipinski definition) is 1. The first kappa shape index (κ1) is 21.4. The second kappa shape index (κ2) is 9.52. The number of ether oxygens (including phenoxy) is 2. The highest BCUT2D eigenvalue weighted by atomic mass is 16.6. The van der Waals surface area contributed by atoms with E-state index in [-0.39, 0.29) is 23.7 Å². The number of benzene rings is 2. The van der Waals surface area contributed by atoms with Crippen molar-refractivity contribution in [2.24, 2.45) is 5.92 Å². The highest BCUT2D eigenvalue weighted by molar-refractivity contribution is 5.98. The molecular weight excluding hydrogens is 392 g/mol. The molecule has 0 radical (unpaired) electrons. The van der Waals surface area contributed by atoms with Crippen LogP contribution in [0.3, 0.4) is 0 Å². The van der Waals surface area contributed by atoms with Crippen molar-refractivity contribution in [2.75, 3.05) is 26.3 Å². The summed E-state index contributed by atoms with van der Waals surface area (Å²) in [5.41, 5.74) is 2.97. The predicted octanol–water partition coefficient (Wildman–Crippen LogP) is 3.37. The summed E-state index contributed by atoms with van der Waals surface area (Å²) >= 11 is 0. The van der Waals surface area contributed by atoms with Crippen molar-refractivity contribution in [2.45, 2.75) is 39.3 Å². The van der Waals surface area contributed by atoms with E-state index in [1.54, 1.807) is 6.07 Å². The van der Waals surface area contributed by atoms with Gasteiger partial charge in [-0.05, 0) is 63.5 Å². The maximum Gasteiger partial charge on any atom is 0.237 e. The zero-order valence-corrected chi connectivity index (χ0v) is 18.2. The molecule has 0 bridgehead atoms. The minimum absolute atomic E-state index is 0.0252. The minimum atomic E-state index is -0.212. The van der Waals surface area contributed by atoms with E-state index in [0.29, 0.717) is 36.8 Å². The van der Waals surface area contributed by atoms with Crippen LogP contribution < -0.4 is 14.8 Å². The number of rotatable bonds is 6.